The highest BCUT2D eigenvalue weighted by Gasteiger charge is 2.43. The van der Waals surface area contributed by atoms with Gasteiger partial charge in [0.25, 0.3) is 5.91 Å². The van der Waals surface area contributed by atoms with Crippen LogP contribution in [0.3, 0.4) is 0 Å². The summed E-state index contributed by atoms with van der Waals surface area (Å²) < 4.78 is 1.57. The summed E-state index contributed by atoms with van der Waals surface area (Å²) in [6.07, 6.45) is 6.98. The SMILES string of the molecule is C/C(=C\c1ccccc1)[C@@H]1[C@@H](C(=O)O)n2cccc2C(=O)N1Cc1cccnc1. The minimum absolute atomic E-state index is 0.192. The lowest BCUT2D eigenvalue weighted by molar-refractivity contribution is -0.142. The van der Waals surface area contributed by atoms with E-state index in [-0.39, 0.29) is 12.5 Å². The number of fused-ring (bicyclic) bond motifs is 1. The fourth-order valence-corrected chi connectivity index (χ4v) is 3.92. The first-order chi connectivity index (χ1) is 14.1. The molecular formula is C23H21N3O3. The third-order valence-electron chi connectivity index (χ3n) is 5.18. The van der Waals surface area contributed by atoms with E-state index in [1.165, 1.54) is 0 Å². The topological polar surface area (TPSA) is 75.4 Å². The monoisotopic (exact) mass is 387 g/mol. The Balaban J connectivity index is 1.82. The van der Waals surface area contributed by atoms with Crippen LogP contribution >= 0.6 is 0 Å². The Kier molecular flexibility index (Phi) is 4.99. The van der Waals surface area contributed by atoms with Crippen LogP contribution in [0.4, 0.5) is 0 Å². The van der Waals surface area contributed by atoms with Crippen LogP contribution in [0.5, 0.6) is 0 Å². The molecule has 4 rings (SSSR count). The molecule has 2 atom stereocenters. The number of pyridine rings is 1. The van der Waals surface area contributed by atoms with Crippen molar-refractivity contribution < 1.29 is 14.7 Å². The van der Waals surface area contributed by atoms with Crippen molar-refractivity contribution in [2.24, 2.45) is 0 Å². The fourth-order valence-electron chi connectivity index (χ4n) is 3.92. The van der Waals surface area contributed by atoms with Crippen LogP contribution in [0.15, 0.2) is 78.8 Å². The molecule has 0 fully saturated rings. The van der Waals surface area contributed by atoms with Gasteiger partial charge in [-0.15, -0.1) is 0 Å². The van der Waals surface area contributed by atoms with Crippen LogP contribution in [0, 0.1) is 0 Å². The van der Waals surface area contributed by atoms with E-state index in [1.807, 2.05) is 55.5 Å². The number of hydrogen-bond donors (Lipinski definition) is 1. The van der Waals surface area contributed by atoms with Gasteiger partial charge in [-0.05, 0) is 41.8 Å². The van der Waals surface area contributed by atoms with Crippen LogP contribution in [0.1, 0.15) is 34.6 Å². The van der Waals surface area contributed by atoms with Gasteiger partial charge in [0.2, 0.25) is 0 Å². The van der Waals surface area contributed by atoms with Crippen molar-refractivity contribution in [1.29, 1.82) is 0 Å². The number of carbonyl (C=O) groups is 2. The Labute approximate surface area is 168 Å². The highest BCUT2D eigenvalue weighted by atomic mass is 16.4. The fraction of sp³-hybridized carbons (Fsp3) is 0.174. The summed E-state index contributed by atoms with van der Waals surface area (Å²) in [7, 11) is 0. The lowest BCUT2D eigenvalue weighted by Gasteiger charge is -2.41. The van der Waals surface area contributed by atoms with Crippen molar-refractivity contribution in [3.63, 3.8) is 0 Å². The molecule has 0 spiro atoms. The van der Waals surface area contributed by atoms with Gasteiger partial charge in [-0.3, -0.25) is 9.78 Å². The Morgan fingerprint density at radius 1 is 1.10 bits per heavy atom. The van der Waals surface area contributed by atoms with E-state index in [1.54, 1.807) is 40.2 Å². The first kappa shape index (κ1) is 18.7. The van der Waals surface area contributed by atoms with Crippen molar-refractivity contribution in [2.75, 3.05) is 0 Å². The molecule has 6 heteroatoms. The maximum absolute atomic E-state index is 13.3. The highest BCUT2D eigenvalue weighted by Crippen LogP contribution is 2.34. The van der Waals surface area contributed by atoms with Gasteiger partial charge in [0, 0.05) is 25.1 Å². The Bertz CT molecular complexity index is 1060. The molecular weight excluding hydrogens is 366 g/mol. The van der Waals surface area contributed by atoms with Gasteiger partial charge in [-0.1, -0.05) is 42.5 Å². The van der Waals surface area contributed by atoms with Gasteiger partial charge >= 0.3 is 5.97 Å². The number of amides is 1. The molecule has 1 aliphatic rings. The number of rotatable bonds is 5. The molecule has 146 valence electrons. The summed E-state index contributed by atoms with van der Waals surface area (Å²) in [6.45, 7) is 2.16. The van der Waals surface area contributed by atoms with Gasteiger partial charge in [0.15, 0.2) is 6.04 Å². The molecule has 0 saturated heterocycles. The summed E-state index contributed by atoms with van der Waals surface area (Å²) in [6, 6.07) is 15.2. The lowest BCUT2D eigenvalue weighted by atomic mass is 9.93. The van der Waals surface area contributed by atoms with Crippen LogP contribution < -0.4 is 0 Å². The summed E-state index contributed by atoms with van der Waals surface area (Å²) in [5, 5.41) is 10.1. The average Bonchev–Trinajstić information content (AvgIpc) is 3.21. The minimum Gasteiger partial charge on any atom is -0.480 e. The zero-order valence-corrected chi connectivity index (χ0v) is 16.0. The van der Waals surface area contributed by atoms with Gasteiger partial charge in [0.1, 0.15) is 5.69 Å². The second kappa shape index (κ2) is 7.75. The largest absolute Gasteiger partial charge is 0.480 e. The Morgan fingerprint density at radius 3 is 2.59 bits per heavy atom. The quantitative estimate of drug-likeness (QED) is 0.725. The highest BCUT2D eigenvalue weighted by molar-refractivity contribution is 5.96. The molecule has 1 N–H and O–H groups in total. The molecule has 0 saturated carbocycles. The number of hydrogen-bond acceptors (Lipinski definition) is 3. The number of carbonyl (C=O) groups excluding carboxylic acids is 1. The average molecular weight is 387 g/mol. The van der Waals surface area contributed by atoms with E-state index < -0.39 is 18.1 Å². The van der Waals surface area contributed by atoms with E-state index in [9.17, 15) is 14.7 Å². The summed E-state index contributed by atoms with van der Waals surface area (Å²) in [4.78, 5) is 31.3. The van der Waals surface area contributed by atoms with Gasteiger partial charge in [-0.2, -0.15) is 0 Å². The van der Waals surface area contributed by atoms with Crippen molar-refractivity contribution in [3.8, 4) is 0 Å². The summed E-state index contributed by atoms with van der Waals surface area (Å²) in [5.74, 6) is -1.17. The Morgan fingerprint density at radius 2 is 1.90 bits per heavy atom. The first-order valence-electron chi connectivity index (χ1n) is 9.39. The van der Waals surface area contributed by atoms with Crippen LogP contribution in [-0.2, 0) is 11.3 Å². The molecule has 3 heterocycles. The summed E-state index contributed by atoms with van der Waals surface area (Å²) >= 11 is 0. The molecule has 1 aromatic carbocycles. The normalized spacial score (nSPS) is 19.1. The second-order valence-electron chi connectivity index (χ2n) is 7.12. The smallest absolute Gasteiger partial charge is 0.329 e. The van der Waals surface area contributed by atoms with Crippen molar-refractivity contribution >= 4 is 18.0 Å². The maximum atomic E-state index is 13.3. The number of nitrogens with zero attached hydrogens (tertiary/aromatic N) is 3. The number of aliphatic carboxylic acids is 1. The molecule has 6 nitrogen and oxygen atoms in total. The number of carboxylic acid groups (broad SMARTS) is 1. The minimum atomic E-state index is -0.975. The van der Waals surface area contributed by atoms with Gasteiger partial charge < -0.3 is 14.6 Å². The molecule has 0 radical (unpaired) electrons. The zero-order chi connectivity index (χ0) is 20.4. The van der Waals surface area contributed by atoms with Crippen molar-refractivity contribution in [3.05, 3.63) is 95.6 Å². The third-order valence-corrected chi connectivity index (χ3v) is 5.18. The molecule has 1 amide bonds. The summed E-state index contributed by atoms with van der Waals surface area (Å²) in [5.41, 5.74) is 2.99. The maximum Gasteiger partial charge on any atom is 0.329 e. The lowest BCUT2D eigenvalue weighted by Crippen LogP contribution is -2.52. The van der Waals surface area contributed by atoms with Crippen LogP contribution in [0.2, 0.25) is 0 Å². The molecule has 2 aromatic heterocycles. The van der Waals surface area contributed by atoms with Crippen LogP contribution in [0.25, 0.3) is 6.08 Å². The molecule has 3 aromatic rings. The predicted octanol–water partition coefficient (Wildman–Crippen LogP) is 3.64. The number of benzene rings is 1. The van der Waals surface area contributed by atoms with E-state index in [0.717, 1.165) is 16.7 Å². The van der Waals surface area contributed by atoms with Crippen molar-refractivity contribution in [2.45, 2.75) is 25.6 Å². The van der Waals surface area contributed by atoms with E-state index in [2.05, 4.69) is 4.98 Å². The number of carboxylic acids is 1. The number of aromatic nitrogens is 2. The first-order valence-corrected chi connectivity index (χ1v) is 9.39. The second-order valence-corrected chi connectivity index (χ2v) is 7.12. The molecule has 0 aliphatic carbocycles. The zero-order valence-electron chi connectivity index (χ0n) is 16.0. The third kappa shape index (κ3) is 3.57. The molecule has 0 unspecified atom stereocenters. The van der Waals surface area contributed by atoms with Crippen molar-refractivity contribution in [1.82, 2.24) is 14.5 Å². The van der Waals surface area contributed by atoms with Gasteiger partial charge in [-0.25, -0.2) is 4.79 Å². The molecule has 29 heavy (non-hydrogen) atoms. The molecule has 1 aliphatic heterocycles. The molecule has 0 bridgehead atoms. The Hall–Kier alpha value is -3.67. The van der Waals surface area contributed by atoms with E-state index in [4.69, 9.17) is 0 Å². The standard InChI is InChI=1S/C23H21N3O3/c1-16(13-17-7-3-2-4-8-17)20-21(23(28)29)25-12-6-10-19(25)22(27)26(20)15-18-9-5-11-24-14-18/h2-14,20-21H,15H2,1H3,(H,28,29)/b16-13+/t20-,21+/m1/s1. The van der Waals surface area contributed by atoms with E-state index >= 15 is 0 Å². The van der Waals surface area contributed by atoms with Gasteiger partial charge in [0.05, 0.1) is 6.04 Å². The predicted molar refractivity (Wildman–Crippen MR) is 109 cm³/mol. The van der Waals surface area contributed by atoms with E-state index in [0.29, 0.717) is 5.69 Å². The van der Waals surface area contributed by atoms with Crippen LogP contribution in [-0.4, -0.2) is 37.5 Å².